The molecule has 0 radical (unpaired) electrons. The maximum atomic E-state index is 2.56. The second-order valence-electron chi connectivity index (χ2n) is 24.5. The van der Waals surface area contributed by atoms with Gasteiger partial charge in [0.05, 0.1) is 16.2 Å². The first-order valence-electron chi connectivity index (χ1n) is 29.6. The summed E-state index contributed by atoms with van der Waals surface area (Å²) in [6.07, 6.45) is 0. The van der Waals surface area contributed by atoms with Gasteiger partial charge in [0.25, 0.3) is 0 Å². The van der Waals surface area contributed by atoms with Crippen molar-refractivity contribution in [1.82, 2.24) is 0 Å². The molecule has 1 heteroatoms. The molecule has 3 aliphatic carbocycles. The summed E-state index contributed by atoms with van der Waals surface area (Å²) in [6.45, 7) is 11.5. The van der Waals surface area contributed by atoms with E-state index in [1.54, 1.807) is 0 Å². The number of hydrogen-bond acceptors (Lipinski definition) is 1. The van der Waals surface area contributed by atoms with Crippen LogP contribution in [-0.4, -0.2) is 0 Å². The van der Waals surface area contributed by atoms with Gasteiger partial charge >= 0.3 is 0 Å². The number of rotatable bonds is 10. The zero-order valence-electron chi connectivity index (χ0n) is 47.8. The molecular weight excluding hydrogens is 999 g/mol. The zero-order valence-corrected chi connectivity index (χ0v) is 47.8. The first-order valence-corrected chi connectivity index (χ1v) is 29.6. The van der Waals surface area contributed by atoms with Crippen molar-refractivity contribution in [2.45, 2.75) is 62.2 Å². The maximum absolute atomic E-state index is 2.56. The summed E-state index contributed by atoms with van der Waals surface area (Å²) in [7, 11) is 0. The molecule has 12 aromatic rings. The lowest BCUT2D eigenvalue weighted by Gasteiger charge is -2.36. The van der Waals surface area contributed by atoms with E-state index in [0.29, 0.717) is 5.92 Å². The van der Waals surface area contributed by atoms with Crippen molar-refractivity contribution >= 4 is 17.1 Å². The van der Waals surface area contributed by atoms with Gasteiger partial charge in [0.15, 0.2) is 0 Å². The van der Waals surface area contributed by atoms with E-state index < -0.39 is 16.2 Å². The normalized spacial score (nSPS) is 16.8. The van der Waals surface area contributed by atoms with Gasteiger partial charge in [-0.2, -0.15) is 0 Å². The van der Waals surface area contributed by atoms with E-state index in [-0.39, 0.29) is 5.41 Å². The topological polar surface area (TPSA) is 3.24 Å². The fraction of sp³-hybridized carbons (Fsp3) is 0.122. The molecule has 0 spiro atoms. The van der Waals surface area contributed by atoms with E-state index in [1.807, 2.05) is 0 Å². The van der Waals surface area contributed by atoms with Gasteiger partial charge in [0.1, 0.15) is 0 Å². The smallest absolute Gasteiger partial charge is 0.0714 e. The van der Waals surface area contributed by atoms with Gasteiger partial charge in [-0.25, -0.2) is 0 Å². The Bertz CT molecular complexity index is 4380. The van der Waals surface area contributed by atoms with Gasteiger partial charge < -0.3 is 4.90 Å². The van der Waals surface area contributed by atoms with Gasteiger partial charge in [-0.3, -0.25) is 0 Å². The molecule has 0 fully saturated rings. The van der Waals surface area contributed by atoms with Crippen molar-refractivity contribution in [1.29, 1.82) is 0 Å². The largest absolute Gasteiger partial charge is 0.310 e. The Morgan fingerprint density at radius 3 is 0.964 bits per heavy atom. The van der Waals surface area contributed by atoms with Gasteiger partial charge in [0.2, 0.25) is 0 Å². The molecule has 0 saturated carbocycles. The van der Waals surface area contributed by atoms with E-state index in [0.717, 1.165) is 17.1 Å². The molecule has 0 bridgehead atoms. The van der Waals surface area contributed by atoms with E-state index in [2.05, 4.69) is 337 Å². The monoisotopic (exact) mass is 1060 g/mol. The first-order chi connectivity index (χ1) is 40.6. The predicted octanol–water partition coefficient (Wildman–Crippen LogP) is 20.7. The minimum Gasteiger partial charge on any atom is -0.310 e. The van der Waals surface area contributed by atoms with Crippen LogP contribution in [0.3, 0.4) is 0 Å². The van der Waals surface area contributed by atoms with Gasteiger partial charge in [0, 0.05) is 17.1 Å². The van der Waals surface area contributed by atoms with Crippen LogP contribution < -0.4 is 4.90 Å². The predicted molar refractivity (Wildman–Crippen MR) is 346 cm³/mol. The number of hydrogen-bond donors (Lipinski definition) is 0. The first kappa shape index (κ1) is 50.4. The molecule has 3 aliphatic rings. The highest BCUT2D eigenvalue weighted by molar-refractivity contribution is 5.95. The van der Waals surface area contributed by atoms with Crippen LogP contribution in [0.15, 0.2) is 297 Å². The highest BCUT2D eigenvalue weighted by Crippen LogP contribution is 2.62. The summed E-state index contributed by atoms with van der Waals surface area (Å²) in [5.41, 5.74) is 27.0. The van der Waals surface area contributed by atoms with Crippen LogP contribution >= 0.6 is 0 Å². The zero-order chi connectivity index (χ0) is 56.1. The summed E-state index contributed by atoms with van der Waals surface area (Å²) in [5, 5.41) is 0. The Labute approximate surface area is 489 Å². The molecule has 1 nitrogen and oxygen atoms in total. The summed E-state index contributed by atoms with van der Waals surface area (Å²) >= 11 is 0. The van der Waals surface area contributed by atoms with Gasteiger partial charge in [-0.1, -0.05) is 295 Å². The Morgan fingerprint density at radius 1 is 0.265 bits per heavy atom. The highest BCUT2D eigenvalue weighted by Gasteiger charge is 2.50. The molecule has 0 amide bonds. The highest BCUT2D eigenvalue weighted by atomic mass is 15.1. The average Bonchev–Trinajstić information content (AvgIpc) is 2.62. The molecule has 83 heavy (non-hydrogen) atoms. The summed E-state index contributed by atoms with van der Waals surface area (Å²) in [6, 6.07) is 113. The fourth-order valence-corrected chi connectivity index (χ4v) is 15.1. The second-order valence-corrected chi connectivity index (χ2v) is 24.5. The quantitative estimate of drug-likeness (QED) is 0.132. The van der Waals surface area contributed by atoms with Crippen LogP contribution in [-0.2, 0) is 21.7 Å². The average molecular weight is 1060 g/mol. The molecule has 0 aromatic heterocycles. The molecule has 0 saturated heterocycles. The SMILES string of the molecule is CC(C)c1ccc(C2(c3ccccc3)c3ccccc3-c3cc(N(c4ccc5c(c4)C(c4ccccc4)(c4ccccc4)c4ccccc4-5)c4ccc5c(c4)C(c4ccccc4)(c4ccc(C(C)(C)C)cc4)c4ccccc4-5)ccc32)cc1. The van der Waals surface area contributed by atoms with Crippen LogP contribution in [0.4, 0.5) is 17.1 Å². The molecular formula is C82H65N. The third-order valence-corrected chi connectivity index (χ3v) is 18.9. The third kappa shape index (κ3) is 7.40. The van der Waals surface area contributed by atoms with Gasteiger partial charge in [-0.15, -0.1) is 0 Å². The van der Waals surface area contributed by atoms with Crippen LogP contribution in [0.5, 0.6) is 0 Å². The number of anilines is 3. The lowest BCUT2D eigenvalue weighted by molar-refractivity contribution is 0.589. The van der Waals surface area contributed by atoms with Crippen LogP contribution in [0.2, 0.25) is 0 Å². The summed E-state index contributed by atoms with van der Waals surface area (Å²) in [4.78, 5) is 2.56. The van der Waals surface area contributed by atoms with E-state index in [4.69, 9.17) is 0 Å². The number of nitrogens with zero attached hydrogens (tertiary/aromatic N) is 1. The Kier molecular flexibility index (Phi) is 11.7. The van der Waals surface area contributed by atoms with Crippen molar-refractivity contribution in [2.75, 3.05) is 4.90 Å². The van der Waals surface area contributed by atoms with E-state index >= 15 is 0 Å². The van der Waals surface area contributed by atoms with Crippen LogP contribution in [0.1, 0.15) is 118 Å². The van der Waals surface area contributed by atoms with Crippen molar-refractivity contribution in [3.05, 3.63) is 375 Å². The Morgan fingerprint density at radius 2 is 0.566 bits per heavy atom. The molecule has 2 unspecified atom stereocenters. The minimum atomic E-state index is -0.613. The molecule has 398 valence electrons. The lowest BCUT2D eigenvalue weighted by Crippen LogP contribution is -2.29. The molecule has 0 heterocycles. The van der Waals surface area contributed by atoms with E-state index in [1.165, 1.54) is 111 Å². The molecule has 0 N–H and O–H groups in total. The van der Waals surface area contributed by atoms with E-state index in [9.17, 15) is 0 Å². The van der Waals surface area contributed by atoms with Crippen molar-refractivity contribution in [3.63, 3.8) is 0 Å². The molecule has 0 aliphatic heterocycles. The van der Waals surface area contributed by atoms with Crippen molar-refractivity contribution in [2.24, 2.45) is 0 Å². The third-order valence-electron chi connectivity index (χ3n) is 18.9. The lowest BCUT2D eigenvalue weighted by atomic mass is 9.67. The number of benzene rings is 12. The molecule has 12 aromatic carbocycles. The maximum Gasteiger partial charge on any atom is 0.0714 e. The second kappa shape index (κ2) is 19.3. The van der Waals surface area contributed by atoms with Crippen molar-refractivity contribution in [3.8, 4) is 33.4 Å². The molecule has 15 rings (SSSR count). The summed E-state index contributed by atoms with van der Waals surface area (Å²) < 4.78 is 0. The number of fused-ring (bicyclic) bond motifs is 9. The van der Waals surface area contributed by atoms with Crippen LogP contribution in [0, 0.1) is 0 Å². The Balaban J connectivity index is 1.02. The van der Waals surface area contributed by atoms with Crippen molar-refractivity contribution < 1.29 is 0 Å². The van der Waals surface area contributed by atoms with Gasteiger partial charge in [-0.05, 0) is 159 Å². The molecule has 2 atom stereocenters. The standard InChI is InChI=1S/C82H65N/c1-55(2)56-38-40-62(41-39-56)80(58-24-10-6-11-25-58)75-37-23-20-34-69(75)72-52-64(48-51-76(72)80)83(65-46-49-70-67-32-18-21-35-73(67)81(77(70)53-65,59-26-12-7-13-27-59)60-28-14-8-15-29-60)66-47-50-71-68-33-19-22-36-74(68)82(78(71)54-66,61-30-16-9-17-31-61)63-44-42-57(43-45-63)79(3,4)5/h6-55H,1-5H3. The minimum absolute atomic E-state index is 0.00294. The van der Waals surface area contributed by atoms with Crippen LogP contribution in [0.25, 0.3) is 33.4 Å². The summed E-state index contributed by atoms with van der Waals surface area (Å²) in [5.74, 6) is 0.424. The Hall–Kier alpha value is -9.56. The fourth-order valence-electron chi connectivity index (χ4n) is 15.1.